The second kappa shape index (κ2) is 5.65. The van der Waals surface area contributed by atoms with Gasteiger partial charge in [-0.2, -0.15) is 4.98 Å². The first-order chi connectivity index (χ1) is 11.6. The zero-order chi connectivity index (χ0) is 16.7. The monoisotopic (exact) mass is 332 g/mol. The average Bonchev–Trinajstić information content (AvgIpc) is 2.86. The minimum absolute atomic E-state index is 0.218. The van der Waals surface area contributed by atoms with E-state index in [-0.39, 0.29) is 17.4 Å². The summed E-state index contributed by atoms with van der Waals surface area (Å²) < 4.78 is 27.3. The van der Waals surface area contributed by atoms with Crippen molar-refractivity contribution in [1.82, 2.24) is 15.2 Å². The predicted octanol–water partition coefficient (Wildman–Crippen LogP) is 3.41. The molecule has 2 aliphatic carbocycles. The molecule has 0 bridgehead atoms. The molecule has 0 spiro atoms. The van der Waals surface area contributed by atoms with Crippen molar-refractivity contribution < 1.29 is 13.6 Å². The van der Waals surface area contributed by atoms with Gasteiger partial charge in [-0.25, -0.2) is 8.78 Å². The van der Waals surface area contributed by atoms with Gasteiger partial charge in [0.25, 0.3) is 0 Å². The van der Waals surface area contributed by atoms with Crippen molar-refractivity contribution in [2.45, 2.75) is 49.9 Å². The van der Waals surface area contributed by atoms with Gasteiger partial charge >= 0.3 is 0 Å². The molecule has 24 heavy (non-hydrogen) atoms. The number of aromatic amines is 1. The summed E-state index contributed by atoms with van der Waals surface area (Å²) in [6.45, 7) is 0. The van der Waals surface area contributed by atoms with Gasteiger partial charge in [0.1, 0.15) is 17.5 Å². The number of anilines is 1. The Morgan fingerprint density at radius 2 is 2.04 bits per heavy atom. The Bertz CT molecular complexity index is 781. The number of benzene rings is 1. The van der Waals surface area contributed by atoms with Crippen molar-refractivity contribution in [3.8, 4) is 0 Å². The lowest BCUT2D eigenvalue weighted by atomic mass is 9.63. The number of aromatic nitrogens is 3. The Morgan fingerprint density at radius 1 is 1.25 bits per heavy atom. The van der Waals surface area contributed by atoms with Crippen molar-refractivity contribution in [3.63, 3.8) is 0 Å². The number of halogens is 2. The summed E-state index contributed by atoms with van der Waals surface area (Å²) in [6, 6.07) is 3.37. The highest BCUT2D eigenvalue weighted by atomic mass is 19.1. The molecule has 1 aromatic carbocycles. The Kier molecular flexibility index (Phi) is 3.58. The Balaban J connectivity index is 1.56. The molecule has 0 saturated heterocycles. The molecule has 1 aromatic heterocycles. The summed E-state index contributed by atoms with van der Waals surface area (Å²) in [5.41, 5.74) is -0.725. The van der Waals surface area contributed by atoms with Gasteiger partial charge in [0.15, 0.2) is 0 Å². The van der Waals surface area contributed by atoms with E-state index < -0.39 is 17.0 Å². The Labute approximate surface area is 137 Å². The van der Waals surface area contributed by atoms with Gasteiger partial charge in [0, 0.05) is 17.5 Å². The zero-order valence-corrected chi connectivity index (χ0v) is 13.1. The molecule has 2 aromatic rings. The van der Waals surface area contributed by atoms with Crippen LogP contribution in [0.2, 0.25) is 0 Å². The van der Waals surface area contributed by atoms with Gasteiger partial charge in [0.05, 0.1) is 5.41 Å². The van der Waals surface area contributed by atoms with E-state index in [1.54, 1.807) is 0 Å². The third kappa shape index (κ3) is 2.39. The minimum atomic E-state index is -0.963. The summed E-state index contributed by atoms with van der Waals surface area (Å²) >= 11 is 0. The number of nitrogens with one attached hydrogen (secondary N) is 2. The highest BCUT2D eigenvalue weighted by Gasteiger charge is 2.47. The maximum Gasteiger partial charge on any atom is 0.248 e. The highest BCUT2D eigenvalue weighted by Crippen LogP contribution is 2.45. The van der Waals surface area contributed by atoms with Crippen molar-refractivity contribution in [2.24, 2.45) is 0 Å². The number of hydrogen-bond donors (Lipinski definition) is 2. The maximum atomic E-state index is 14.2. The van der Waals surface area contributed by atoms with Crippen LogP contribution in [0.3, 0.4) is 0 Å². The summed E-state index contributed by atoms with van der Waals surface area (Å²) in [4.78, 5) is 17.1. The van der Waals surface area contributed by atoms with Crippen LogP contribution in [0, 0.1) is 11.6 Å². The smallest absolute Gasteiger partial charge is 0.248 e. The van der Waals surface area contributed by atoms with E-state index in [0.29, 0.717) is 18.8 Å². The summed E-state index contributed by atoms with van der Waals surface area (Å²) in [6.07, 6.45) is 5.22. The van der Waals surface area contributed by atoms with Crippen LogP contribution >= 0.6 is 0 Å². The number of carbonyl (C=O) groups excluding carboxylic acids is 1. The molecular weight excluding hydrogens is 314 g/mol. The molecule has 2 N–H and O–H groups in total. The van der Waals surface area contributed by atoms with E-state index >= 15 is 0 Å². The molecule has 0 atom stereocenters. The third-order valence-corrected chi connectivity index (χ3v) is 5.31. The molecule has 0 radical (unpaired) electrons. The van der Waals surface area contributed by atoms with Gasteiger partial charge < -0.3 is 0 Å². The van der Waals surface area contributed by atoms with Crippen molar-refractivity contribution in [1.29, 1.82) is 0 Å². The Morgan fingerprint density at radius 3 is 2.62 bits per heavy atom. The number of hydrogen-bond acceptors (Lipinski definition) is 3. The van der Waals surface area contributed by atoms with E-state index in [1.165, 1.54) is 18.6 Å². The molecule has 126 valence electrons. The van der Waals surface area contributed by atoms with Crippen LogP contribution in [-0.2, 0) is 10.2 Å². The van der Waals surface area contributed by atoms with Gasteiger partial charge in [-0.15, -0.1) is 5.10 Å². The van der Waals surface area contributed by atoms with Crippen LogP contribution < -0.4 is 5.32 Å². The maximum absolute atomic E-state index is 14.2. The molecule has 4 rings (SSSR count). The predicted molar refractivity (Wildman–Crippen MR) is 83.5 cm³/mol. The fraction of sp³-hybridized carbons (Fsp3) is 0.471. The topological polar surface area (TPSA) is 70.7 Å². The van der Waals surface area contributed by atoms with Crippen LogP contribution in [0.5, 0.6) is 0 Å². The number of rotatable bonds is 4. The molecule has 7 heteroatoms. The number of H-pyrrole nitrogens is 1. The molecule has 0 unspecified atom stereocenters. The Hall–Kier alpha value is -2.31. The second-order valence-electron chi connectivity index (χ2n) is 6.69. The quantitative estimate of drug-likeness (QED) is 0.901. The van der Waals surface area contributed by atoms with Crippen molar-refractivity contribution >= 4 is 11.9 Å². The second-order valence-corrected chi connectivity index (χ2v) is 6.69. The largest absolute Gasteiger partial charge is 0.292 e. The molecule has 5 nitrogen and oxygen atoms in total. The highest BCUT2D eigenvalue weighted by molar-refractivity contribution is 5.98. The van der Waals surface area contributed by atoms with Gasteiger partial charge in [-0.3, -0.25) is 15.2 Å². The molecule has 1 heterocycles. The first-order valence-electron chi connectivity index (χ1n) is 8.28. The zero-order valence-electron chi connectivity index (χ0n) is 13.1. The molecule has 1 amide bonds. The standard InChI is InChI=1S/C17H18F2N4O/c18-11-5-6-12(13(19)9-11)17(7-2-8-17)15(24)21-16-20-14(22-23-16)10-3-1-4-10/h5-6,9-10H,1-4,7-8H2,(H2,20,21,22,23,24). The molecular formula is C17H18F2N4O. The lowest BCUT2D eigenvalue weighted by Crippen LogP contribution is -2.46. The number of amides is 1. The molecule has 0 aliphatic heterocycles. The third-order valence-electron chi connectivity index (χ3n) is 5.31. The summed E-state index contributed by atoms with van der Waals surface area (Å²) in [5, 5.41) is 9.59. The normalized spacial score (nSPS) is 19.4. The van der Waals surface area contributed by atoms with E-state index in [9.17, 15) is 13.6 Å². The molecule has 2 saturated carbocycles. The average molecular weight is 332 g/mol. The lowest BCUT2D eigenvalue weighted by molar-refractivity contribution is -0.124. The number of carbonyl (C=O) groups is 1. The summed E-state index contributed by atoms with van der Waals surface area (Å²) in [7, 11) is 0. The SMILES string of the molecule is O=C(Nc1n[nH]c(C2CCC2)n1)C1(c2ccc(F)cc2F)CCC1. The van der Waals surface area contributed by atoms with Gasteiger partial charge in [-0.1, -0.05) is 18.9 Å². The fourth-order valence-electron chi connectivity index (χ4n) is 3.44. The van der Waals surface area contributed by atoms with Crippen LogP contribution in [0.1, 0.15) is 55.8 Å². The van der Waals surface area contributed by atoms with Gasteiger partial charge in [0.2, 0.25) is 11.9 Å². The van der Waals surface area contributed by atoms with Gasteiger partial charge in [-0.05, 0) is 31.7 Å². The van der Waals surface area contributed by atoms with Crippen molar-refractivity contribution in [3.05, 3.63) is 41.2 Å². The van der Waals surface area contributed by atoms with E-state index in [0.717, 1.165) is 31.2 Å². The van der Waals surface area contributed by atoms with Crippen LogP contribution in [0.15, 0.2) is 18.2 Å². The fourth-order valence-corrected chi connectivity index (χ4v) is 3.44. The minimum Gasteiger partial charge on any atom is -0.292 e. The van der Waals surface area contributed by atoms with E-state index in [4.69, 9.17) is 0 Å². The first-order valence-corrected chi connectivity index (χ1v) is 8.28. The van der Waals surface area contributed by atoms with Crippen LogP contribution in [0.25, 0.3) is 0 Å². The number of nitrogens with zero attached hydrogens (tertiary/aromatic N) is 2. The van der Waals surface area contributed by atoms with E-state index in [2.05, 4.69) is 20.5 Å². The van der Waals surface area contributed by atoms with Crippen LogP contribution in [-0.4, -0.2) is 21.1 Å². The first kappa shape index (κ1) is 15.2. The molecule has 2 fully saturated rings. The van der Waals surface area contributed by atoms with Crippen LogP contribution in [0.4, 0.5) is 14.7 Å². The van der Waals surface area contributed by atoms with Crippen molar-refractivity contribution in [2.75, 3.05) is 5.32 Å². The lowest BCUT2D eigenvalue weighted by Gasteiger charge is -2.40. The molecule has 2 aliphatic rings. The van der Waals surface area contributed by atoms with E-state index in [1.807, 2.05) is 0 Å². The summed E-state index contributed by atoms with van der Waals surface area (Å²) in [5.74, 6) is -0.281.